The van der Waals surface area contributed by atoms with Crippen molar-refractivity contribution in [3.63, 3.8) is 0 Å². The molecule has 0 aromatic carbocycles. The van der Waals surface area contributed by atoms with Gasteiger partial charge in [0.05, 0.1) is 17.3 Å². The van der Waals surface area contributed by atoms with Gasteiger partial charge >= 0.3 is 0 Å². The molecule has 2 aromatic rings. The van der Waals surface area contributed by atoms with Gasteiger partial charge in [0.15, 0.2) is 0 Å². The minimum atomic E-state index is 0.672. The molecule has 0 amide bonds. The summed E-state index contributed by atoms with van der Waals surface area (Å²) in [5, 5.41) is 8.05. The number of nitrogens with one attached hydrogen (secondary N) is 1. The number of aromatic nitrogens is 3. The van der Waals surface area contributed by atoms with Gasteiger partial charge in [0.2, 0.25) is 0 Å². The van der Waals surface area contributed by atoms with Crippen molar-refractivity contribution >= 4 is 11.6 Å². The summed E-state index contributed by atoms with van der Waals surface area (Å²) < 4.78 is 1.93. The zero-order chi connectivity index (χ0) is 11.4. The van der Waals surface area contributed by atoms with E-state index in [-0.39, 0.29) is 0 Å². The Morgan fingerprint density at radius 2 is 2.25 bits per heavy atom. The number of rotatable bonds is 4. The molecule has 0 aliphatic carbocycles. The fourth-order valence-electron chi connectivity index (χ4n) is 1.53. The Labute approximate surface area is 99.3 Å². The summed E-state index contributed by atoms with van der Waals surface area (Å²) in [5.74, 6) is 0. The second kappa shape index (κ2) is 5.09. The maximum atomic E-state index is 6.05. The molecule has 0 unspecified atom stereocenters. The van der Waals surface area contributed by atoms with Crippen molar-refractivity contribution in [2.75, 3.05) is 7.05 Å². The van der Waals surface area contributed by atoms with Gasteiger partial charge in [-0.1, -0.05) is 11.6 Å². The summed E-state index contributed by atoms with van der Waals surface area (Å²) in [5.41, 5.74) is 2.16. The number of hydrogen-bond donors (Lipinski definition) is 1. The van der Waals surface area contributed by atoms with Crippen molar-refractivity contribution in [3.8, 4) is 0 Å². The van der Waals surface area contributed by atoms with Gasteiger partial charge in [-0.25, -0.2) is 0 Å². The predicted octanol–water partition coefficient (Wildman–Crippen LogP) is 1.70. The molecule has 0 radical (unpaired) electrons. The van der Waals surface area contributed by atoms with E-state index in [1.54, 1.807) is 18.6 Å². The Bertz CT molecular complexity index is 467. The minimum Gasteiger partial charge on any atom is -0.314 e. The van der Waals surface area contributed by atoms with Crippen LogP contribution in [0.1, 0.15) is 11.3 Å². The average molecular weight is 237 g/mol. The van der Waals surface area contributed by atoms with Crippen LogP contribution in [0.5, 0.6) is 0 Å². The van der Waals surface area contributed by atoms with Crippen molar-refractivity contribution in [2.24, 2.45) is 0 Å². The van der Waals surface area contributed by atoms with Crippen molar-refractivity contribution in [1.29, 1.82) is 0 Å². The quantitative estimate of drug-likeness (QED) is 0.879. The predicted molar refractivity (Wildman–Crippen MR) is 63.3 cm³/mol. The maximum absolute atomic E-state index is 6.05. The zero-order valence-electron chi connectivity index (χ0n) is 9.02. The molecule has 0 aliphatic rings. The normalized spacial score (nSPS) is 10.6. The van der Waals surface area contributed by atoms with Gasteiger partial charge < -0.3 is 5.32 Å². The molecular formula is C11H13ClN4. The highest BCUT2D eigenvalue weighted by molar-refractivity contribution is 6.31. The molecule has 0 fully saturated rings. The van der Waals surface area contributed by atoms with Crippen LogP contribution in [0.2, 0.25) is 5.02 Å². The molecule has 2 aromatic heterocycles. The topological polar surface area (TPSA) is 42.7 Å². The molecule has 5 heteroatoms. The highest BCUT2D eigenvalue weighted by atomic mass is 35.5. The van der Waals surface area contributed by atoms with Crippen LogP contribution in [0, 0.1) is 0 Å². The van der Waals surface area contributed by atoms with E-state index in [1.165, 1.54) is 0 Å². The number of halogens is 1. The van der Waals surface area contributed by atoms with E-state index in [2.05, 4.69) is 15.4 Å². The molecule has 0 bridgehead atoms. The van der Waals surface area contributed by atoms with Crippen LogP contribution in [0.25, 0.3) is 0 Å². The monoisotopic (exact) mass is 236 g/mol. The van der Waals surface area contributed by atoms with Gasteiger partial charge in [-0.3, -0.25) is 9.67 Å². The molecule has 1 N–H and O–H groups in total. The molecule has 0 spiro atoms. The number of nitrogens with zero attached hydrogens (tertiary/aromatic N) is 3. The van der Waals surface area contributed by atoms with E-state index in [1.807, 2.05) is 23.9 Å². The van der Waals surface area contributed by atoms with Crippen molar-refractivity contribution in [1.82, 2.24) is 20.1 Å². The van der Waals surface area contributed by atoms with Crippen LogP contribution in [0.4, 0.5) is 0 Å². The molecule has 0 saturated heterocycles. The van der Waals surface area contributed by atoms with Gasteiger partial charge in [-0.15, -0.1) is 0 Å². The summed E-state index contributed by atoms with van der Waals surface area (Å²) in [6, 6.07) is 3.90. The Kier molecular flexibility index (Phi) is 3.54. The molecule has 0 atom stereocenters. The summed E-state index contributed by atoms with van der Waals surface area (Å²) in [7, 11) is 1.91. The van der Waals surface area contributed by atoms with Crippen LogP contribution in [0.15, 0.2) is 30.7 Å². The van der Waals surface area contributed by atoms with E-state index < -0.39 is 0 Å². The SMILES string of the molecule is CNCc1ccnn1Cc1ccncc1Cl. The third-order valence-electron chi connectivity index (χ3n) is 2.34. The first-order valence-electron chi connectivity index (χ1n) is 5.05. The molecule has 4 nitrogen and oxygen atoms in total. The van der Waals surface area contributed by atoms with E-state index >= 15 is 0 Å². The first-order valence-corrected chi connectivity index (χ1v) is 5.42. The Balaban J connectivity index is 2.20. The smallest absolute Gasteiger partial charge is 0.0678 e. The van der Waals surface area contributed by atoms with Gasteiger partial charge in [0, 0.05) is 25.1 Å². The molecule has 84 valence electrons. The van der Waals surface area contributed by atoms with E-state index in [4.69, 9.17) is 11.6 Å². The Morgan fingerprint density at radius 1 is 1.38 bits per heavy atom. The lowest BCUT2D eigenvalue weighted by molar-refractivity contribution is 0.622. The Morgan fingerprint density at radius 3 is 3.00 bits per heavy atom. The maximum Gasteiger partial charge on any atom is 0.0678 e. The first kappa shape index (κ1) is 11.1. The summed E-state index contributed by atoms with van der Waals surface area (Å²) in [6.45, 7) is 1.47. The van der Waals surface area contributed by atoms with E-state index in [9.17, 15) is 0 Å². The lowest BCUT2D eigenvalue weighted by atomic mass is 10.2. The lowest BCUT2D eigenvalue weighted by Gasteiger charge is -2.08. The van der Waals surface area contributed by atoms with Crippen LogP contribution in [-0.4, -0.2) is 21.8 Å². The van der Waals surface area contributed by atoms with Gasteiger partial charge in [0.1, 0.15) is 0 Å². The van der Waals surface area contributed by atoms with E-state index in [0.717, 1.165) is 17.8 Å². The van der Waals surface area contributed by atoms with Crippen LogP contribution in [0.3, 0.4) is 0 Å². The van der Waals surface area contributed by atoms with Crippen LogP contribution in [-0.2, 0) is 13.1 Å². The second-order valence-electron chi connectivity index (χ2n) is 3.48. The second-order valence-corrected chi connectivity index (χ2v) is 3.88. The van der Waals surface area contributed by atoms with Crippen LogP contribution < -0.4 is 5.32 Å². The summed E-state index contributed by atoms with van der Waals surface area (Å²) >= 11 is 6.05. The first-order chi connectivity index (χ1) is 7.81. The average Bonchev–Trinajstić information content (AvgIpc) is 2.70. The van der Waals surface area contributed by atoms with Gasteiger partial charge in [-0.2, -0.15) is 5.10 Å². The van der Waals surface area contributed by atoms with Gasteiger partial charge in [0.25, 0.3) is 0 Å². The summed E-state index contributed by atoms with van der Waals surface area (Å²) in [4.78, 5) is 3.96. The minimum absolute atomic E-state index is 0.672. The number of pyridine rings is 1. The lowest BCUT2D eigenvalue weighted by Crippen LogP contribution is -2.13. The van der Waals surface area contributed by atoms with Crippen molar-refractivity contribution < 1.29 is 0 Å². The standard InChI is InChI=1S/C11H13ClN4/c1-13-6-10-3-5-15-16(10)8-9-2-4-14-7-11(9)12/h2-5,7,13H,6,8H2,1H3. The zero-order valence-corrected chi connectivity index (χ0v) is 9.78. The third-order valence-corrected chi connectivity index (χ3v) is 2.68. The van der Waals surface area contributed by atoms with Crippen molar-refractivity contribution in [3.05, 3.63) is 47.0 Å². The molecule has 0 saturated carbocycles. The third kappa shape index (κ3) is 2.40. The molecule has 2 heterocycles. The highest BCUT2D eigenvalue weighted by Gasteiger charge is 2.05. The molecule has 0 aliphatic heterocycles. The van der Waals surface area contributed by atoms with E-state index in [0.29, 0.717) is 11.6 Å². The number of hydrogen-bond acceptors (Lipinski definition) is 3. The molecule has 2 rings (SSSR count). The fraction of sp³-hybridized carbons (Fsp3) is 0.273. The largest absolute Gasteiger partial charge is 0.314 e. The molecular weight excluding hydrogens is 224 g/mol. The van der Waals surface area contributed by atoms with Gasteiger partial charge in [-0.05, 0) is 24.7 Å². The van der Waals surface area contributed by atoms with Crippen LogP contribution >= 0.6 is 11.6 Å². The highest BCUT2D eigenvalue weighted by Crippen LogP contribution is 2.15. The molecule has 16 heavy (non-hydrogen) atoms. The Hall–Kier alpha value is -1.39. The summed E-state index contributed by atoms with van der Waals surface area (Å²) in [6.07, 6.45) is 5.18. The fourth-order valence-corrected chi connectivity index (χ4v) is 1.71. The van der Waals surface area contributed by atoms with Crippen molar-refractivity contribution in [2.45, 2.75) is 13.1 Å².